The predicted octanol–water partition coefficient (Wildman–Crippen LogP) is 5.98. The zero-order chi connectivity index (χ0) is 19.0. The number of amides is 1. The molecule has 0 aliphatic heterocycles. The van der Waals surface area contributed by atoms with Crippen molar-refractivity contribution in [2.45, 2.75) is 6.92 Å². The van der Waals surface area contributed by atoms with Crippen LogP contribution in [-0.4, -0.2) is 11.0 Å². The van der Waals surface area contributed by atoms with E-state index < -0.39 is 0 Å². The lowest BCUT2D eigenvalue weighted by Crippen LogP contribution is -2.13. The highest BCUT2D eigenvalue weighted by atomic mass is 16.3. The van der Waals surface area contributed by atoms with E-state index in [9.17, 15) is 9.90 Å². The molecule has 3 nitrogen and oxygen atoms in total. The first-order valence-electron chi connectivity index (χ1n) is 8.76. The van der Waals surface area contributed by atoms with E-state index in [4.69, 9.17) is 0 Å². The Morgan fingerprint density at radius 3 is 2.11 bits per heavy atom. The molecule has 4 aromatic rings. The Kier molecular flexibility index (Phi) is 4.13. The number of hydrogen-bond donors (Lipinski definition) is 2. The zero-order valence-corrected chi connectivity index (χ0v) is 15.0. The van der Waals surface area contributed by atoms with E-state index in [2.05, 4.69) is 11.9 Å². The van der Waals surface area contributed by atoms with Crippen molar-refractivity contribution < 1.29 is 9.90 Å². The summed E-state index contributed by atoms with van der Waals surface area (Å²) in [4.78, 5) is 13.0. The highest BCUT2D eigenvalue weighted by Gasteiger charge is 2.14. The molecule has 27 heavy (non-hydrogen) atoms. The van der Waals surface area contributed by atoms with Crippen molar-refractivity contribution in [3.8, 4) is 5.75 Å². The van der Waals surface area contributed by atoms with E-state index >= 15 is 0 Å². The fourth-order valence-electron chi connectivity index (χ4n) is 3.46. The van der Waals surface area contributed by atoms with Gasteiger partial charge in [-0.25, -0.2) is 0 Å². The Hall–Kier alpha value is -3.59. The van der Waals surface area contributed by atoms with Gasteiger partial charge < -0.3 is 10.4 Å². The molecular weight excluding hydrogens is 334 g/mol. The van der Waals surface area contributed by atoms with Gasteiger partial charge in [-0.15, -0.1) is 0 Å². The first kappa shape index (κ1) is 16.9. The van der Waals surface area contributed by atoms with Crippen molar-refractivity contribution in [1.82, 2.24) is 0 Å². The molecule has 0 unspecified atom stereocenters. The number of fused-ring (bicyclic) bond motifs is 2. The maximum Gasteiger partial charge on any atom is 0.256 e. The lowest BCUT2D eigenvalue weighted by atomic mass is 9.96. The molecule has 0 bridgehead atoms. The van der Waals surface area contributed by atoms with Crippen LogP contribution in [-0.2, 0) is 0 Å². The summed E-state index contributed by atoms with van der Waals surface area (Å²) in [6.45, 7) is 6.00. The molecule has 132 valence electrons. The van der Waals surface area contributed by atoms with Gasteiger partial charge in [0.25, 0.3) is 5.91 Å². The second-order valence-corrected chi connectivity index (χ2v) is 6.62. The molecule has 0 saturated heterocycles. The first-order valence-corrected chi connectivity index (χ1v) is 8.76. The number of aromatic hydroxyl groups is 1. The van der Waals surface area contributed by atoms with Gasteiger partial charge >= 0.3 is 0 Å². The topological polar surface area (TPSA) is 49.3 Å². The van der Waals surface area contributed by atoms with Crippen LogP contribution in [0.4, 0.5) is 5.69 Å². The van der Waals surface area contributed by atoms with Crippen LogP contribution in [0.25, 0.3) is 27.1 Å². The van der Waals surface area contributed by atoms with Gasteiger partial charge in [-0.2, -0.15) is 0 Å². The number of rotatable bonds is 3. The molecule has 0 aliphatic rings. The second kappa shape index (κ2) is 6.61. The van der Waals surface area contributed by atoms with Gasteiger partial charge in [0.1, 0.15) is 5.75 Å². The maximum absolute atomic E-state index is 13.0. The van der Waals surface area contributed by atoms with Crippen LogP contribution in [0.1, 0.15) is 22.8 Å². The molecule has 4 rings (SSSR count). The number of phenolic OH excluding ortho intramolecular Hbond substituents is 1. The molecule has 0 spiro atoms. The smallest absolute Gasteiger partial charge is 0.256 e. The molecule has 2 N–H and O–H groups in total. The predicted molar refractivity (Wildman–Crippen MR) is 112 cm³/mol. The summed E-state index contributed by atoms with van der Waals surface area (Å²) in [7, 11) is 0. The standard InChI is InChI=1S/C24H19NO2/c1-15(2)16-13-14-21(18-8-4-3-7-17(16)18)24(27)25-22-11-5-10-20-19(22)9-6-12-23(20)26/h3-14,26H,1H2,2H3,(H,25,27). The number of carbonyl (C=O) groups is 1. The normalized spacial score (nSPS) is 10.9. The number of benzene rings is 4. The third-order valence-electron chi connectivity index (χ3n) is 4.78. The SMILES string of the molecule is C=C(C)c1ccc(C(=O)Nc2cccc3c(O)cccc23)c2ccccc12. The number of hydrogen-bond acceptors (Lipinski definition) is 2. The molecule has 0 heterocycles. The molecule has 0 radical (unpaired) electrons. The highest BCUT2D eigenvalue weighted by molar-refractivity contribution is 6.16. The van der Waals surface area contributed by atoms with E-state index in [1.807, 2.05) is 67.6 Å². The van der Waals surface area contributed by atoms with Crippen LogP contribution in [0.15, 0.2) is 79.4 Å². The molecule has 0 saturated carbocycles. The third-order valence-corrected chi connectivity index (χ3v) is 4.78. The fraction of sp³-hybridized carbons (Fsp3) is 0.0417. The number of phenols is 1. The number of nitrogens with one attached hydrogen (secondary N) is 1. The largest absolute Gasteiger partial charge is 0.507 e. The molecule has 0 aliphatic carbocycles. The average Bonchev–Trinajstić information content (AvgIpc) is 2.67. The summed E-state index contributed by atoms with van der Waals surface area (Å²) >= 11 is 0. The van der Waals surface area contributed by atoms with Crippen molar-refractivity contribution >= 4 is 38.7 Å². The third kappa shape index (κ3) is 2.93. The summed E-state index contributed by atoms with van der Waals surface area (Å²) in [5.41, 5.74) is 3.27. The lowest BCUT2D eigenvalue weighted by molar-refractivity contribution is 0.102. The Bertz CT molecular complexity index is 1210. The molecule has 3 heteroatoms. The van der Waals surface area contributed by atoms with Crippen LogP contribution >= 0.6 is 0 Å². The van der Waals surface area contributed by atoms with Crippen molar-refractivity contribution in [2.75, 3.05) is 5.32 Å². The van der Waals surface area contributed by atoms with Gasteiger partial charge in [0.2, 0.25) is 0 Å². The van der Waals surface area contributed by atoms with E-state index in [-0.39, 0.29) is 11.7 Å². The quantitative estimate of drug-likeness (QED) is 0.476. The van der Waals surface area contributed by atoms with E-state index in [1.54, 1.807) is 12.1 Å². The van der Waals surface area contributed by atoms with Gasteiger partial charge in [0.15, 0.2) is 0 Å². The van der Waals surface area contributed by atoms with E-state index in [0.717, 1.165) is 27.3 Å². The Balaban J connectivity index is 1.80. The summed E-state index contributed by atoms with van der Waals surface area (Å²) in [6.07, 6.45) is 0. The summed E-state index contributed by atoms with van der Waals surface area (Å²) < 4.78 is 0. The minimum Gasteiger partial charge on any atom is -0.507 e. The van der Waals surface area contributed by atoms with Crippen molar-refractivity contribution in [3.05, 3.63) is 90.5 Å². The van der Waals surface area contributed by atoms with Crippen molar-refractivity contribution in [1.29, 1.82) is 0 Å². The summed E-state index contributed by atoms with van der Waals surface area (Å²) in [5, 5.41) is 16.4. The Morgan fingerprint density at radius 1 is 0.778 bits per heavy atom. The number of anilines is 1. The maximum atomic E-state index is 13.0. The molecule has 1 amide bonds. The van der Waals surface area contributed by atoms with Crippen LogP contribution < -0.4 is 5.32 Å². The van der Waals surface area contributed by atoms with Gasteiger partial charge in [-0.1, -0.05) is 66.7 Å². The van der Waals surface area contributed by atoms with E-state index in [0.29, 0.717) is 16.6 Å². The van der Waals surface area contributed by atoms with Gasteiger partial charge in [-0.05, 0) is 41.5 Å². The van der Waals surface area contributed by atoms with Crippen LogP contribution in [0.3, 0.4) is 0 Å². The second-order valence-electron chi connectivity index (χ2n) is 6.62. The van der Waals surface area contributed by atoms with Crippen LogP contribution in [0, 0.1) is 0 Å². The lowest BCUT2D eigenvalue weighted by Gasteiger charge is -2.13. The zero-order valence-electron chi connectivity index (χ0n) is 15.0. The average molecular weight is 353 g/mol. The van der Waals surface area contributed by atoms with Gasteiger partial charge in [0, 0.05) is 22.0 Å². The minimum atomic E-state index is -0.185. The van der Waals surface area contributed by atoms with Crippen LogP contribution in [0.5, 0.6) is 5.75 Å². The van der Waals surface area contributed by atoms with Gasteiger partial charge in [0.05, 0.1) is 0 Å². The summed E-state index contributed by atoms with van der Waals surface area (Å²) in [5.74, 6) is 0.00941. The molecule has 0 aromatic heterocycles. The number of carbonyl (C=O) groups excluding carboxylic acids is 1. The molecular formula is C24H19NO2. The Labute approximate surface area is 157 Å². The van der Waals surface area contributed by atoms with Crippen LogP contribution in [0.2, 0.25) is 0 Å². The monoisotopic (exact) mass is 353 g/mol. The minimum absolute atomic E-state index is 0.185. The first-order chi connectivity index (χ1) is 13.1. The molecule has 4 aromatic carbocycles. The summed E-state index contributed by atoms with van der Waals surface area (Å²) in [6, 6.07) is 22.4. The van der Waals surface area contributed by atoms with E-state index in [1.165, 1.54) is 0 Å². The van der Waals surface area contributed by atoms with Crippen molar-refractivity contribution in [2.24, 2.45) is 0 Å². The Morgan fingerprint density at radius 2 is 1.37 bits per heavy atom. The van der Waals surface area contributed by atoms with Gasteiger partial charge in [-0.3, -0.25) is 4.79 Å². The number of allylic oxidation sites excluding steroid dienone is 1. The molecule has 0 atom stereocenters. The molecule has 0 fully saturated rings. The fourth-order valence-corrected chi connectivity index (χ4v) is 3.46. The van der Waals surface area contributed by atoms with Crippen molar-refractivity contribution in [3.63, 3.8) is 0 Å². The highest BCUT2D eigenvalue weighted by Crippen LogP contribution is 2.31.